The molecule has 0 amide bonds. The van der Waals surface area contributed by atoms with Crippen LogP contribution < -0.4 is 10.1 Å². The van der Waals surface area contributed by atoms with Crippen molar-refractivity contribution < 1.29 is 27.0 Å². The first kappa shape index (κ1) is 20.0. The molecule has 3 nitrogen and oxygen atoms in total. The zero-order chi connectivity index (χ0) is 19.5. The van der Waals surface area contributed by atoms with E-state index in [2.05, 4.69) is 5.32 Å². The van der Waals surface area contributed by atoms with Crippen LogP contribution in [0.2, 0.25) is 0 Å². The number of nitrogens with one attached hydrogen (secondary N) is 1. The van der Waals surface area contributed by atoms with Gasteiger partial charge in [-0.15, -0.1) is 0 Å². The van der Waals surface area contributed by atoms with Gasteiger partial charge in [-0.25, -0.2) is 4.39 Å². The number of hydrogen-bond acceptors (Lipinski definition) is 3. The molecule has 0 fully saturated rings. The van der Waals surface area contributed by atoms with Crippen LogP contribution in [0.5, 0.6) is 5.75 Å². The first-order valence-electron chi connectivity index (χ1n) is 7.57. The predicted octanol–water partition coefficient (Wildman–Crippen LogP) is 5.38. The molecule has 0 bridgehead atoms. The zero-order valence-electron chi connectivity index (χ0n) is 14.3. The Balaban J connectivity index is 2.35. The van der Waals surface area contributed by atoms with Gasteiger partial charge in [0.1, 0.15) is 18.2 Å². The number of aryl methyl sites for hydroxylation is 2. The second kappa shape index (κ2) is 7.90. The van der Waals surface area contributed by atoms with Crippen LogP contribution in [0, 0.1) is 19.7 Å². The molecule has 2 rings (SSSR count). The molecule has 0 spiro atoms. The fraction of sp³-hybridized carbons (Fsp3) is 0.278. The highest BCUT2D eigenvalue weighted by Gasteiger charge is 2.35. The summed E-state index contributed by atoms with van der Waals surface area (Å²) in [5, 5.41) is 2.67. The average molecular weight is 387 g/mol. The van der Waals surface area contributed by atoms with Gasteiger partial charge in [-0.2, -0.15) is 13.2 Å². The molecule has 8 heteroatoms. The van der Waals surface area contributed by atoms with E-state index in [4.69, 9.17) is 21.7 Å². The number of thiocarbonyl (C=S) groups is 1. The van der Waals surface area contributed by atoms with Crippen LogP contribution in [0.3, 0.4) is 0 Å². The molecule has 1 N–H and O–H groups in total. The van der Waals surface area contributed by atoms with E-state index in [1.807, 2.05) is 0 Å². The third-order valence-electron chi connectivity index (χ3n) is 3.81. The SMILES string of the molecule is COC(=S)Nc1cccc(F)c1COc1cc(C)c(C)cc1C(F)(F)F. The highest BCUT2D eigenvalue weighted by molar-refractivity contribution is 7.80. The molecule has 0 saturated carbocycles. The van der Waals surface area contributed by atoms with Gasteiger partial charge in [-0.3, -0.25) is 0 Å². The number of benzene rings is 2. The Morgan fingerprint density at radius 2 is 1.81 bits per heavy atom. The number of halogens is 4. The van der Waals surface area contributed by atoms with Gasteiger partial charge in [-0.05, 0) is 61.5 Å². The molecule has 0 aromatic heterocycles. The first-order chi connectivity index (χ1) is 12.1. The van der Waals surface area contributed by atoms with E-state index in [-0.39, 0.29) is 22.2 Å². The Hall–Kier alpha value is -2.35. The van der Waals surface area contributed by atoms with Crippen LogP contribution >= 0.6 is 12.2 Å². The van der Waals surface area contributed by atoms with Crippen molar-refractivity contribution in [1.29, 1.82) is 0 Å². The number of anilines is 1. The van der Waals surface area contributed by atoms with Gasteiger partial charge in [0.25, 0.3) is 5.17 Å². The van der Waals surface area contributed by atoms with E-state index in [9.17, 15) is 17.6 Å². The van der Waals surface area contributed by atoms with Crippen LogP contribution in [0.15, 0.2) is 30.3 Å². The highest BCUT2D eigenvalue weighted by Crippen LogP contribution is 2.38. The van der Waals surface area contributed by atoms with Gasteiger partial charge in [0, 0.05) is 5.56 Å². The lowest BCUT2D eigenvalue weighted by Crippen LogP contribution is -2.15. The van der Waals surface area contributed by atoms with Gasteiger partial charge < -0.3 is 14.8 Å². The molecule has 0 heterocycles. The number of ether oxygens (including phenoxy) is 2. The summed E-state index contributed by atoms with van der Waals surface area (Å²) in [5.74, 6) is -0.990. The molecular formula is C18H17F4NO2S. The lowest BCUT2D eigenvalue weighted by atomic mass is 10.0. The fourth-order valence-electron chi connectivity index (χ4n) is 2.26. The lowest BCUT2D eigenvalue weighted by molar-refractivity contribution is -0.139. The molecule has 0 aliphatic rings. The second-order valence-corrected chi connectivity index (χ2v) is 5.97. The van der Waals surface area contributed by atoms with Crippen LogP contribution in [0.4, 0.5) is 23.2 Å². The first-order valence-corrected chi connectivity index (χ1v) is 7.98. The van der Waals surface area contributed by atoms with Crippen molar-refractivity contribution in [1.82, 2.24) is 0 Å². The van der Waals surface area contributed by atoms with Gasteiger partial charge >= 0.3 is 6.18 Å². The van der Waals surface area contributed by atoms with Crippen LogP contribution in [-0.2, 0) is 17.5 Å². The third-order valence-corrected chi connectivity index (χ3v) is 4.08. The maximum absolute atomic E-state index is 14.2. The summed E-state index contributed by atoms with van der Waals surface area (Å²) in [5.41, 5.74) is 0.523. The van der Waals surface area contributed by atoms with E-state index in [1.165, 1.54) is 31.4 Å². The average Bonchev–Trinajstić information content (AvgIpc) is 2.56. The minimum atomic E-state index is -4.58. The van der Waals surface area contributed by atoms with Crippen molar-refractivity contribution in [2.45, 2.75) is 26.6 Å². The summed E-state index contributed by atoms with van der Waals surface area (Å²) in [6.07, 6.45) is -4.58. The number of methoxy groups -OCH3 is 1. The maximum atomic E-state index is 14.2. The van der Waals surface area contributed by atoms with Crippen molar-refractivity contribution in [3.63, 3.8) is 0 Å². The van der Waals surface area contributed by atoms with E-state index < -0.39 is 24.2 Å². The van der Waals surface area contributed by atoms with Crippen molar-refractivity contribution in [3.05, 3.63) is 58.4 Å². The molecular weight excluding hydrogens is 370 g/mol. The number of alkyl halides is 3. The van der Waals surface area contributed by atoms with E-state index >= 15 is 0 Å². The van der Waals surface area contributed by atoms with E-state index in [0.29, 0.717) is 11.1 Å². The Labute approximate surface area is 153 Å². The minimum Gasteiger partial charge on any atom is -0.488 e. The Morgan fingerprint density at radius 3 is 2.42 bits per heavy atom. The molecule has 0 aliphatic heterocycles. The zero-order valence-corrected chi connectivity index (χ0v) is 15.1. The Bertz CT molecular complexity index is 822. The van der Waals surface area contributed by atoms with Crippen LogP contribution in [0.1, 0.15) is 22.3 Å². The summed E-state index contributed by atoms with van der Waals surface area (Å²) < 4.78 is 64.1. The van der Waals surface area contributed by atoms with E-state index in [0.717, 1.165) is 6.07 Å². The highest BCUT2D eigenvalue weighted by atomic mass is 32.1. The molecule has 0 unspecified atom stereocenters. The quantitative estimate of drug-likeness (QED) is 0.563. The normalized spacial score (nSPS) is 11.2. The van der Waals surface area contributed by atoms with Gasteiger partial charge in [0.2, 0.25) is 0 Å². The molecule has 2 aromatic rings. The topological polar surface area (TPSA) is 30.5 Å². The smallest absolute Gasteiger partial charge is 0.419 e. The molecule has 0 radical (unpaired) electrons. The number of hydrogen-bond donors (Lipinski definition) is 1. The molecule has 0 atom stereocenters. The molecule has 26 heavy (non-hydrogen) atoms. The second-order valence-electron chi connectivity index (χ2n) is 5.60. The van der Waals surface area contributed by atoms with Gasteiger partial charge in [0.05, 0.1) is 18.4 Å². The predicted molar refractivity (Wildman–Crippen MR) is 94.9 cm³/mol. The van der Waals surface area contributed by atoms with Crippen LogP contribution in [-0.4, -0.2) is 12.3 Å². The van der Waals surface area contributed by atoms with Crippen molar-refractivity contribution in [3.8, 4) is 5.75 Å². The standard InChI is InChI=1S/C18H17F4NO2S/c1-10-7-13(18(20,21)22)16(8-11(10)2)25-9-12-14(19)5-4-6-15(12)23-17(26)24-3/h4-8H,9H2,1-3H3,(H,23,26). The maximum Gasteiger partial charge on any atom is 0.419 e. The largest absolute Gasteiger partial charge is 0.488 e. The monoisotopic (exact) mass is 387 g/mol. The summed E-state index contributed by atoms with van der Waals surface area (Å²) in [4.78, 5) is 0. The van der Waals surface area contributed by atoms with Crippen molar-refractivity contribution in [2.24, 2.45) is 0 Å². The minimum absolute atomic E-state index is 0.000916. The molecule has 0 aliphatic carbocycles. The summed E-state index contributed by atoms with van der Waals surface area (Å²) in [6.45, 7) is 2.85. The Kier molecular flexibility index (Phi) is 6.07. The molecule has 2 aromatic carbocycles. The fourth-order valence-corrected chi connectivity index (χ4v) is 2.37. The molecule has 0 saturated heterocycles. The van der Waals surface area contributed by atoms with Crippen LogP contribution in [0.25, 0.3) is 0 Å². The summed E-state index contributed by atoms with van der Waals surface area (Å²) >= 11 is 4.87. The van der Waals surface area contributed by atoms with Crippen molar-refractivity contribution >= 4 is 23.1 Å². The van der Waals surface area contributed by atoms with Gasteiger partial charge in [-0.1, -0.05) is 6.07 Å². The number of rotatable bonds is 4. The summed E-state index contributed by atoms with van der Waals surface area (Å²) in [6, 6.07) is 6.47. The third kappa shape index (κ3) is 4.63. The summed E-state index contributed by atoms with van der Waals surface area (Å²) in [7, 11) is 1.34. The van der Waals surface area contributed by atoms with E-state index in [1.54, 1.807) is 13.8 Å². The molecule has 140 valence electrons. The van der Waals surface area contributed by atoms with Crippen molar-refractivity contribution in [2.75, 3.05) is 12.4 Å². The Morgan fingerprint density at radius 1 is 1.15 bits per heavy atom. The lowest BCUT2D eigenvalue weighted by Gasteiger charge is -2.18. The van der Waals surface area contributed by atoms with Gasteiger partial charge in [0.15, 0.2) is 0 Å².